The van der Waals surface area contributed by atoms with Crippen LogP contribution in [0.2, 0.25) is 0 Å². The van der Waals surface area contributed by atoms with Crippen molar-refractivity contribution in [1.82, 2.24) is 29.2 Å². The number of nitriles is 1. The molecule has 1 saturated heterocycles. The average molecular weight is 412 g/mol. The molecule has 0 radical (unpaired) electrons. The van der Waals surface area contributed by atoms with Gasteiger partial charge in [0.15, 0.2) is 0 Å². The minimum atomic E-state index is 0.127. The second-order valence-electron chi connectivity index (χ2n) is 9.51. The van der Waals surface area contributed by atoms with Crippen molar-refractivity contribution in [1.29, 1.82) is 5.26 Å². The van der Waals surface area contributed by atoms with Crippen LogP contribution in [0.3, 0.4) is 0 Å². The number of nitrogens with zero attached hydrogens (tertiary/aromatic N) is 7. The summed E-state index contributed by atoms with van der Waals surface area (Å²) in [4.78, 5) is 16.3. The molecule has 0 saturated carbocycles. The topological polar surface area (TPSA) is 64.2 Å². The second-order valence-corrected chi connectivity index (χ2v) is 9.51. The molecule has 1 aliphatic heterocycles. The predicted octanol–water partition coefficient (Wildman–Crippen LogP) is 2.81. The maximum Gasteiger partial charge on any atom is 0.234 e. The van der Waals surface area contributed by atoms with E-state index in [9.17, 15) is 5.26 Å². The highest BCUT2D eigenvalue weighted by molar-refractivity contribution is 5.77. The molecule has 2 aromatic heterocycles. The van der Waals surface area contributed by atoms with Crippen LogP contribution >= 0.6 is 0 Å². The fraction of sp³-hybridized carbons (Fsp3) is 0.696. The predicted molar refractivity (Wildman–Crippen MR) is 121 cm³/mol. The lowest BCUT2D eigenvalue weighted by molar-refractivity contribution is 0.113. The van der Waals surface area contributed by atoms with E-state index in [1.165, 1.54) is 5.69 Å². The SMILES string of the molecule is CCN(CC)CCN1CCN(Cc2cc3cnc(C#N)nc3n2CC(C)(C)C)CC1. The summed E-state index contributed by atoms with van der Waals surface area (Å²) in [5, 5.41) is 10.2. The Morgan fingerprint density at radius 3 is 2.37 bits per heavy atom. The van der Waals surface area contributed by atoms with Gasteiger partial charge in [-0.25, -0.2) is 9.97 Å². The molecular weight excluding hydrogens is 374 g/mol. The fourth-order valence-corrected chi connectivity index (χ4v) is 4.15. The van der Waals surface area contributed by atoms with Crippen LogP contribution in [-0.2, 0) is 13.1 Å². The van der Waals surface area contributed by atoms with Gasteiger partial charge in [-0.3, -0.25) is 9.80 Å². The number of hydrogen-bond donors (Lipinski definition) is 0. The number of aromatic nitrogens is 3. The van der Waals surface area contributed by atoms with Crippen molar-refractivity contribution >= 4 is 11.0 Å². The van der Waals surface area contributed by atoms with E-state index in [-0.39, 0.29) is 11.2 Å². The molecule has 0 atom stereocenters. The van der Waals surface area contributed by atoms with Gasteiger partial charge in [-0.1, -0.05) is 34.6 Å². The second kappa shape index (κ2) is 9.86. The Hall–Kier alpha value is -2.01. The van der Waals surface area contributed by atoms with Gasteiger partial charge in [0, 0.05) is 69.6 Å². The minimum absolute atomic E-state index is 0.127. The van der Waals surface area contributed by atoms with E-state index in [4.69, 9.17) is 0 Å². The molecule has 0 aliphatic carbocycles. The van der Waals surface area contributed by atoms with Gasteiger partial charge in [0.2, 0.25) is 5.82 Å². The van der Waals surface area contributed by atoms with Gasteiger partial charge in [0.05, 0.1) is 0 Å². The summed E-state index contributed by atoms with van der Waals surface area (Å²) in [6.45, 7) is 22.0. The molecule has 0 amide bonds. The Kier molecular flexibility index (Phi) is 7.45. The largest absolute Gasteiger partial charge is 0.328 e. The number of hydrogen-bond acceptors (Lipinski definition) is 6. The summed E-state index contributed by atoms with van der Waals surface area (Å²) in [7, 11) is 0. The summed E-state index contributed by atoms with van der Waals surface area (Å²) in [5.41, 5.74) is 2.27. The zero-order chi connectivity index (χ0) is 21.7. The lowest BCUT2D eigenvalue weighted by Gasteiger charge is -2.36. The van der Waals surface area contributed by atoms with Gasteiger partial charge in [-0.2, -0.15) is 5.26 Å². The van der Waals surface area contributed by atoms with E-state index in [1.807, 2.05) is 0 Å². The molecule has 0 N–H and O–H groups in total. The summed E-state index contributed by atoms with van der Waals surface area (Å²) < 4.78 is 2.30. The molecule has 1 fully saturated rings. The Morgan fingerprint density at radius 2 is 1.77 bits per heavy atom. The van der Waals surface area contributed by atoms with Crippen LogP contribution in [0.15, 0.2) is 12.3 Å². The number of fused-ring (bicyclic) bond motifs is 1. The lowest BCUT2D eigenvalue weighted by atomic mass is 9.97. The Balaban J connectivity index is 1.69. The smallest absolute Gasteiger partial charge is 0.234 e. The molecule has 7 heteroatoms. The Bertz CT molecular complexity index is 862. The van der Waals surface area contributed by atoms with Crippen molar-refractivity contribution in [2.75, 3.05) is 52.4 Å². The van der Waals surface area contributed by atoms with Crippen molar-refractivity contribution in [3.63, 3.8) is 0 Å². The van der Waals surface area contributed by atoms with Crippen molar-refractivity contribution in [2.24, 2.45) is 5.41 Å². The Morgan fingerprint density at radius 1 is 1.10 bits per heavy atom. The highest BCUT2D eigenvalue weighted by atomic mass is 15.3. The standard InChI is InChI=1S/C23H37N7/c1-6-27(7-2)8-9-28-10-12-29(13-11-28)17-20-14-19-16-25-21(15-24)26-22(19)30(20)18-23(3,4)5/h14,16H,6-13,17-18H2,1-5H3. The highest BCUT2D eigenvalue weighted by Gasteiger charge is 2.22. The summed E-state index contributed by atoms with van der Waals surface area (Å²) in [6, 6.07) is 4.28. The van der Waals surface area contributed by atoms with Crippen molar-refractivity contribution in [3.05, 3.63) is 23.8 Å². The zero-order valence-corrected chi connectivity index (χ0v) is 19.4. The molecule has 0 aromatic carbocycles. The summed E-state index contributed by atoms with van der Waals surface area (Å²) >= 11 is 0. The molecular formula is C23H37N7. The molecule has 164 valence electrons. The van der Waals surface area contributed by atoms with Crippen LogP contribution < -0.4 is 0 Å². The maximum atomic E-state index is 9.22. The fourth-order valence-electron chi connectivity index (χ4n) is 4.15. The van der Waals surface area contributed by atoms with E-state index in [0.29, 0.717) is 0 Å². The van der Waals surface area contributed by atoms with E-state index in [1.54, 1.807) is 6.20 Å². The molecule has 0 bridgehead atoms. The first-order valence-electron chi connectivity index (χ1n) is 11.2. The van der Waals surface area contributed by atoms with Crippen LogP contribution in [0.5, 0.6) is 0 Å². The molecule has 2 aromatic rings. The molecule has 30 heavy (non-hydrogen) atoms. The summed E-state index contributed by atoms with van der Waals surface area (Å²) in [5.74, 6) is 0.240. The van der Waals surface area contributed by atoms with Crippen LogP contribution in [0, 0.1) is 16.7 Å². The van der Waals surface area contributed by atoms with Crippen LogP contribution in [0.25, 0.3) is 11.0 Å². The summed E-state index contributed by atoms with van der Waals surface area (Å²) in [6.07, 6.45) is 1.79. The quantitative estimate of drug-likeness (QED) is 0.666. The van der Waals surface area contributed by atoms with Gasteiger partial charge in [-0.05, 0) is 24.6 Å². The van der Waals surface area contributed by atoms with E-state index < -0.39 is 0 Å². The number of piperazine rings is 1. The van der Waals surface area contributed by atoms with Gasteiger partial charge in [0.1, 0.15) is 11.7 Å². The molecule has 0 unspecified atom stereocenters. The van der Waals surface area contributed by atoms with Crippen LogP contribution in [0.4, 0.5) is 0 Å². The van der Waals surface area contributed by atoms with Gasteiger partial charge < -0.3 is 9.47 Å². The third kappa shape index (κ3) is 5.78. The first-order valence-corrected chi connectivity index (χ1v) is 11.2. The van der Waals surface area contributed by atoms with E-state index >= 15 is 0 Å². The molecule has 0 spiro atoms. The normalized spacial score (nSPS) is 16.4. The maximum absolute atomic E-state index is 9.22. The molecule has 3 heterocycles. The number of rotatable bonds is 8. The number of likely N-dealkylation sites (N-methyl/N-ethyl adjacent to an activating group) is 1. The van der Waals surface area contributed by atoms with Gasteiger partial charge >= 0.3 is 0 Å². The van der Waals surface area contributed by atoms with Crippen LogP contribution in [-0.4, -0.2) is 81.6 Å². The molecule has 7 nitrogen and oxygen atoms in total. The third-order valence-electron chi connectivity index (χ3n) is 5.93. The highest BCUT2D eigenvalue weighted by Crippen LogP contribution is 2.25. The first kappa shape index (κ1) is 22.7. The molecule has 3 rings (SSSR count). The minimum Gasteiger partial charge on any atom is -0.328 e. The average Bonchev–Trinajstić information content (AvgIpc) is 3.04. The molecule has 1 aliphatic rings. The third-order valence-corrected chi connectivity index (χ3v) is 5.93. The van der Waals surface area contributed by atoms with Gasteiger partial charge in [0.25, 0.3) is 0 Å². The first-order chi connectivity index (χ1) is 14.3. The van der Waals surface area contributed by atoms with Crippen LogP contribution in [0.1, 0.15) is 46.1 Å². The van der Waals surface area contributed by atoms with Crippen molar-refractivity contribution in [3.8, 4) is 6.07 Å². The monoisotopic (exact) mass is 411 g/mol. The Labute approximate surface area is 181 Å². The van der Waals surface area contributed by atoms with E-state index in [0.717, 1.165) is 76.5 Å². The lowest BCUT2D eigenvalue weighted by Crippen LogP contribution is -2.48. The zero-order valence-electron chi connectivity index (χ0n) is 19.4. The van der Waals surface area contributed by atoms with Crippen molar-refractivity contribution in [2.45, 2.75) is 47.7 Å². The van der Waals surface area contributed by atoms with Gasteiger partial charge in [-0.15, -0.1) is 0 Å². The van der Waals surface area contributed by atoms with E-state index in [2.05, 4.69) is 76.0 Å². The van der Waals surface area contributed by atoms with Crippen molar-refractivity contribution < 1.29 is 0 Å².